The van der Waals surface area contributed by atoms with E-state index in [1.165, 1.54) is 6.42 Å². The monoisotopic (exact) mass is 380 g/mol. The summed E-state index contributed by atoms with van der Waals surface area (Å²) in [6.45, 7) is 3.33. The largest absolute Gasteiger partial charge is 0.339 e. The summed E-state index contributed by atoms with van der Waals surface area (Å²) in [6.07, 6.45) is 8.60. The third-order valence-electron chi connectivity index (χ3n) is 5.60. The zero-order valence-corrected chi connectivity index (χ0v) is 16.5. The highest BCUT2D eigenvalue weighted by atomic mass is 35.5. The topological polar surface area (TPSA) is 80.5 Å². The Morgan fingerprint density at radius 3 is 2.42 bits per heavy atom. The molecule has 142 valence electrons. The van der Waals surface area contributed by atoms with Gasteiger partial charge in [0.15, 0.2) is 9.84 Å². The van der Waals surface area contributed by atoms with Crippen LogP contribution in [0.5, 0.6) is 0 Å². The number of hydrogen-bond acceptors (Lipinski definition) is 4. The molecule has 1 heterocycles. The Labute approximate surface area is 153 Å². The van der Waals surface area contributed by atoms with E-state index in [0.29, 0.717) is 25.9 Å². The smallest absolute Gasteiger partial charge is 0.223 e. The van der Waals surface area contributed by atoms with Crippen LogP contribution in [0.15, 0.2) is 0 Å². The fraction of sp³-hybridized carbons (Fsp3) is 0.941. The zero-order chi connectivity index (χ0) is 16.9. The van der Waals surface area contributed by atoms with E-state index in [-0.39, 0.29) is 41.3 Å². The third-order valence-corrected chi connectivity index (χ3v) is 7.35. The third kappa shape index (κ3) is 5.60. The molecule has 0 bridgehead atoms. The van der Waals surface area contributed by atoms with E-state index in [9.17, 15) is 13.2 Å². The van der Waals surface area contributed by atoms with Crippen molar-refractivity contribution >= 4 is 28.2 Å². The minimum atomic E-state index is -2.97. The molecular weight excluding hydrogens is 348 g/mol. The predicted octanol–water partition coefficient (Wildman–Crippen LogP) is 2.52. The van der Waals surface area contributed by atoms with Gasteiger partial charge in [-0.25, -0.2) is 8.42 Å². The number of halogens is 1. The second kappa shape index (κ2) is 9.39. The Morgan fingerprint density at radius 1 is 1.25 bits per heavy atom. The van der Waals surface area contributed by atoms with Crippen molar-refractivity contribution in [3.05, 3.63) is 0 Å². The van der Waals surface area contributed by atoms with Gasteiger partial charge >= 0.3 is 0 Å². The summed E-state index contributed by atoms with van der Waals surface area (Å²) in [4.78, 5) is 14.8. The van der Waals surface area contributed by atoms with Crippen molar-refractivity contribution in [1.29, 1.82) is 0 Å². The van der Waals surface area contributed by atoms with Crippen molar-refractivity contribution < 1.29 is 13.2 Å². The van der Waals surface area contributed by atoms with Crippen LogP contribution in [0.25, 0.3) is 0 Å². The van der Waals surface area contributed by atoms with E-state index >= 15 is 0 Å². The minimum Gasteiger partial charge on any atom is -0.339 e. The highest BCUT2D eigenvalue weighted by Gasteiger charge is 2.38. The number of sulfone groups is 1. The second-order valence-electron chi connectivity index (χ2n) is 7.44. The Kier molecular flexibility index (Phi) is 8.50. The number of rotatable bonds is 7. The van der Waals surface area contributed by atoms with Gasteiger partial charge in [-0.2, -0.15) is 0 Å². The average Bonchev–Trinajstić information content (AvgIpc) is 2.88. The maximum atomic E-state index is 13.0. The first-order valence-corrected chi connectivity index (χ1v) is 10.9. The van der Waals surface area contributed by atoms with Crippen LogP contribution >= 0.6 is 12.4 Å². The number of amides is 1. The molecule has 1 unspecified atom stereocenters. The van der Waals surface area contributed by atoms with Gasteiger partial charge in [-0.05, 0) is 37.6 Å². The van der Waals surface area contributed by atoms with E-state index in [2.05, 4.69) is 6.92 Å². The molecule has 0 aromatic carbocycles. The van der Waals surface area contributed by atoms with E-state index in [4.69, 9.17) is 5.73 Å². The molecule has 0 radical (unpaired) electrons. The Balaban J connectivity index is 0.00000288. The van der Waals surface area contributed by atoms with Crippen molar-refractivity contribution in [2.45, 2.75) is 70.8 Å². The summed E-state index contributed by atoms with van der Waals surface area (Å²) < 4.78 is 23.6. The molecule has 2 fully saturated rings. The fourth-order valence-corrected chi connectivity index (χ4v) is 5.77. The van der Waals surface area contributed by atoms with Crippen LogP contribution in [0.2, 0.25) is 0 Å². The molecule has 5 nitrogen and oxygen atoms in total. The average molecular weight is 381 g/mol. The van der Waals surface area contributed by atoms with Gasteiger partial charge in [0.05, 0.1) is 11.5 Å². The molecule has 0 aromatic rings. The second-order valence-corrected chi connectivity index (χ2v) is 9.67. The van der Waals surface area contributed by atoms with E-state index in [1.54, 1.807) is 0 Å². The highest BCUT2D eigenvalue weighted by molar-refractivity contribution is 7.91. The minimum absolute atomic E-state index is 0. The molecule has 2 N–H and O–H groups in total. The fourth-order valence-electron chi connectivity index (χ4n) is 4.04. The standard InChI is InChI=1S/C17H32N2O3S.ClH/c1-2-3-10-19(15-7-11-23(21,22)13-15)16(20)12-17(14-18)8-5-4-6-9-17;/h15H,2-14,18H2,1H3;1H. The lowest BCUT2D eigenvalue weighted by atomic mass is 9.71. The lowest BCUT2D eigenvalue weighted by Crippen LogP contribution is -2.45. The van der Waals surface area contributed by atoms with Gasteiger partial charge in [-0.15, -0.1) is 12.4 Å². The van der Waals surface area contributed by atoms with Crippen molar-refractivity contribution in [3.63, 3.8) is 0 Å². The Morgan fingerprint density at radius 2 is 1.92 bits per heavy atom. The van der Waals surface area contributed by atoms with Crippen LogP contribution in [0, 0.1) is 5.41 Å². The summed E-state index contributed by atoms with van der Waals surface area (Å²) in [5.74, 6) is 0.473. The van der Waals surface area contributed by atoms with Gasteiger partial charge < -0.3 is 10.6 Å². The van der Waals surface area contributed by atoms with E-state index < -0.39 is 9.84 Å². The molecule has 2 rings (SSSR count). The van der Waals surface area contributed by atoms with Crippen molar-refractivity contribution in [2.75, 3.05) is 24.6 Å². The van der Waals surface area contributed by atoms with Crippen LogP contribution in [0.4, 0.5) is 0 Å². The molecule has 1 amide bonds. The van der Waals surface area contributed by atoms with Gasteiger partial charge in [-0.3, -0.25) is 4.79 Å². The lowest BCUT2D eigenvalue weighted by molar-refractivity contribution is -0.136. The van der Waals surface area contributed by atoms with Gasteiger partial charge in [0.1, 0.15) is 0 Å². The summed E-state index contributed by atoms with van der Waals surface area (Å²) in [7, 11) is -2.97. The molecule has 1 aliphatic carbocycles. The lowest BCUT2D eigenvalue weighted by Gasteiger charge is -2.38. The quantitative estimate of drug-likeness (QED) is 0.735. The maximum absolute atomic E-state index is 13.0. The van der Waals surface area contributed by atoms with Crippen LogP contribution in [0.1, 0.15) is 64.7 Å². The summed E-state index contributed by atoms with van der Waals surface area (Å²) in [6, 6.07) is -0.127. The van der Waals surface area contributed by atoms with Gasteiger partial charge in [0, 0.05) is 19.0 Å². The van der Waals surface area contributed by atoms with E-state index in [1.807, 2.05) is 4.90 Å². The number of hydrogen-bond donors (Lipinski definition) is 1. The van der Waals surface area contributed by atoms with Crippen LogP contribution in [0.3, 0.4) is 0 Å². The van der Waals surface area contributed by atoms with Crippen LogP contribution < -0.4 is 5.73 Å². The molecule has 1 saturated heterocycles. The molecular formula is C17H33ClN2O3S. The van der Waals surface area contributed by atoms with Gasteiger partial charge in [-0.1, -0.05) is 32.6 Å². The first-order valence-electron chi connectivity index (χ1n) is 9.11. The molecule has 1 aliphatic heterocycles. The normalized spacial score (nSPS) is 25.0. The summed E-state index contributed by atoms with van der Waals surface area (Å²) in [5, 5.41) is 0. The summed E-state index contributed by atoms with van der Waals surface area (Å²) in [5.41, 5.74) is 5.96. The summed E-state index contributed by atoms with van der Waals surface area (Å²) >= 11 is 0. The van der Waals surface area contributed by atoms with E-state index in [0.717, 1.165) is 38.5 Å². The maximum Gasteiger partial charge on any atom is 0.223 e. The zero-order valence-electron chi connectivity index (χ0n) is 14.8. The molecule has 7 heteroatoms. The van der Waals surface area contributed by atoms with Crippen LogP contribution in [-0.4, -0.2) is 49.9 Å². The molecule has 0 spiro atoms. The highest BCUT2D eigenvalue weighted by Crippen LogP contribution is 2.39. The predicted molar refractivity (Wildman–Crippen MR) is 100 cm³/mol. The van der Waals surface area contributed by atoms with Crippen molar-refractivity contribution in [3.8, 4) is 0 Å². The first-order chi connectivity index (χ1) is 10.9. The Bertz CT molecular complexity index is 504. The van der Waals surface area contributed by atoms with Crippen molar-refractivity contribution in [1.82, 2.24) is 4.90 Å². The number of carbonyl (C=O) groups excluding carboxylic acids is 1. The molecule has 2 aliphatic rings. The number of nitrogens with two attached hydrogens (primary N) is 1. The first kappa shape index (κ1) is 21.7. The van der Waals surface area contributed by atoms with Gasteiger partial charge in [0.2, 0.25) is 5.91 Å². The SMILES string of the molecule is CCCCN(C(=O)CC1(CN)CCCCC1)C1CCS(=O)(=O)C1.Cl. The number of unbranched alkanes of at least 4 members (excludes halogenated alkanes) is 1. The van der Waals surface area contributed by atoms with Crippen LogP contribution in [-0.2, 0) is 14.6 Å². The molecule has 0 aromatic heterocycles. The van der Waals surface area contributed by atoms with Gasteiger partial charge in [0.25, 0.3) is 0 Å². The van der Waals surface area contributed by atoms with Crippen molar-refractivity contribution in [2.24, 2.45) is 11.1 Å². The number of nitrogens with zero attached hydrogens (tertiary/aromatic N) is 1. The number of carbonyl (C=O) groups is 1. The molecule has 24 heavy (non-hydrogen) atoms. The molecule has 1 saturated carbocycles. The molecule has 1 atom stereocenters. The Hall–Kier alpha value is -0.330.